The van der Waals surface area contributed by atoms with Gasteiger partial charge in [-0.15, -0.1) is 12.4 Å². The van der Waals surface area contributed by atoms with Gasteiger partial charge in [0, 0.05) is 6.42 Å². The second-order valence-corrected chi connectivity index (χ2v) is 4.35. The van der Waals surface area contributed by atoms with E-state index in [2.05, 4.69) is 15.6 Å². The molecule has 2 heterocycles. The van der Waals surface area contributed by atoms with Gasteiger partial charge in [-0.05, 0) is 7.05 Å². The van der Waals surface area contributed by atoms with Gasteiger partial charge in [0.15, 0.2) is 5.13 Å². The molecular formula is C9H14ClN3O2S. The van der Waals surface area contributed by atoms with Crippen molar-refractivity contribution in [1.29, 1.82) is 0 Å². The Morgan fingerprint density at radius 3 is 3.12 bits per heavy atom. The number of halogens is 1. The summed E-state index contributed by atoms with van der Waals surface area (Å²) in [5.74, 6) is -0.0653. The number of thiazole rings is 1. The number of fused-ring (bicyclic) bond motifs is 1. The van der Waals surface area contributed by atoms with Gasteiger partial charge in [-0.2, -0.15) is 0 Å². The van der Waals surface area contributed by atoms with Crippen LogP contribution >= 0.6 is 23.7 Å². The van der Waals surface area contributed by atoms with Crippen LogP contribution in [0.1, 0.15) is 10.6 Å². The summed E-state index contributed by atoms with van der Waals surface area (Å²) in [6, 6.07) is 0. The molecule has 0 fully saturated rings. The fourth-order valence-corrected chi connectivity index (χ4v) is 2.36. The first-order valence-corrected chi connectivity index (χ1v) is 5.62. The summed E-state index contributed by atoms with van der Waals surface area (Å²) in [6.45, 7) is 1.65. The van der Waals surface area contributed by atoms with Crippen LogP contribution in [0.25, 0.3) is 0 Å². The molecule has 16 heavy (non-hydrogen) atoms. The number of likely N-dealkylation sites (N-methyl/N-ethyl adjacent to an activating group) is 1. The van der Waals surface area contributed by atoms with Crippen LogP contribution in [-0.4, -0.2) is 31.1 Å². The molecule has 0 saturated carbocycles. The molecule has 5 nitrogen and oxygen atoms in total. The van der Waals surface area contributed by atoms with Crippen molar-refractivity contribution in [2.24, 2.45) is 0 Å². The summed E-state index contributed by atoms with van der Waals surface area (Å²) in [5.41, 5.74) is 1.06. The predicted molar refractivity (Wildman–Crippen MR) is 65.3 cm³/mol. The summed E-state index contributed by atoms with van der Waals surface area (Å²) in [4.78, 5) is 16.8. The Kier molecular flexibility index (Phi) is 5.14. The van der Waals surface area contributed by atoms with Gasteiger partial charge in [-0.1, -0.05) is 11.3 Å². The predicted octanol–water partition coefficient (Wildman–Crippen LogP) is 0.795. The topological polar surface area (TPSA) is 63.2 Å². The molecule has 0 spiro atoms. The minimum atomic E-state index is -0.0653. The van der Waals surface area contributed by atoms with Gasteiger partial charge in [0.1, 0.15) is 0 Å². The maximum Gasteiger partial charge on any atom is 0.240 e. The van der Waals surface area contributed by atoms with Crippen molar-refractivity contribution in [2.45, 2.75) is 13.0 Å². The third-order valence-corrected chi connectivity index (χ3v) is 3.06. The van der Waals surface area contributed by atoms with E-state index in [-0.39, 0.29) is 18.3 Å². The van der Waals surface area contributed by atoms with E-state index in [0.717, 1.165) is 23.6 Å². The first kappa shape index (κ1) is 13.4. The van der Waals surface area contributed by atoms with Crippen LogP contribution in [-0.2, 0) is 22.6 Å². The number of hydrogen-bond donors (Lipinski definition) is 2. The molecule has 0 bridgehead atoms. The number of rotatable bonds is 3. The number of aromatic nitrogens is 1. The molecule has 1 aromatic heterocycles. The summed E-state index contributed by atoms with van der Waals surface area (Å²) in [6.07, 6.45) is 0.841. The number of anilines is 1. The smallest absolute Gasteiger partial charge is 0.240 e. The fraction of sp³-hybridized carbons (Fsp3) is 0.556. The summed E-state index contributed by atoms with van der Waals surface area (Å²) >= 11 is 1.49. The zero-order valence-electron chi connectivity index (χ0n) is 8.91. The van der Waals surface area contributed by atoms with Crippen LogP contribution in [0.4, 0.5) is 5.13 Å². The quantitative estimate of drug-likeness (QED) is 0.847. The Morgan fingerprint density at radius 1 is 1.62 bits per heavy atom. The van der Waals surface area contributed by atoms with Gasteiger partial charge in [0.2, 0.25) is 5.91 Å². The van der Waals surface area contributed by atoms with Crippen molar-refractivity contribution in [3.8, 4) is 0 Å². The lowest BCUT2D eigenvalue weighted by molar-refractivity contribution is -0.115. The van der Waals surface area contributed by atoms with Crippen molar-refractivity contribution in [3.05, 3.63) is 10.6 Å². The molecule has 1 aliphatic rings. The molecule has 0 aliphatic carbocycles. The van der Waals surface area contributed by atoms with E-state index in [1.54, 1.807) is 7.05 Å². The summed E-state index contributed by atoms with van der Waals surface area (Å²) < 4.78 is 5.31. The minimum absolute atomic E-state index is 0. The standard InChI is InChI=1S/C9H13N3O2S.ClH/c1-10-4-8(13)12-9-11-6-2-3-14-5-7(6)15-9;/h10H,2-5H2,1H3,(H,11,12,13);1H. The third-order valence-electron chi connectivity index (χ3n) is 2.08. The Balaban J connectivity index is 0.00000128. The highest BCUT2D eigenvalue weighted by molar-refractivity contribution is 7.15. The molecule has 7 heteroatoms. The van der Waals surface area contributed by atoms with Gasteiger partial charge in [-0.3, -0.25) is 4.79 Å². The van der Waals surface area contributed by atoms with E-state index in [4.69, 9.17) is 4.74 Å². The van der Waals surface area contributed by atoms with Gasteiger partial charge in [0.05, 0.1) is 30.3 Å². The van der Waals surface area contributed by atoms with E-state index in [0.29, 0.717) is 18.3 Å². The first-order chi connectivity index (χ1) is 7.29. The van der Waals surface area contributed by atoms with Gasteiger partial charge < -0.3 is 15.4 Å². The first-order valence-electron chi connectivity index (χ1n) is 4.80. The van der Waals surface area contributed by atoms with Crippen LogP contribution in [0, 0.1) is 0 Å². The molecule has 0 saturated heterocycles. The van der Waals surface area contributed by atoms with Gasteiger partial charge >= 0.3 is 0 Å². The number of amides is 1. The SMILES string of the molecule is CNCC(=O)Nc1nc2c(s1)COCC2.Cl. The van der Waals surface area contributed by atoms with Crippen LogP contribution in [0.3, 0.4) is 0 Å². The second kappa shape index (κ2) is 6.15. The largest absolute Gasteiger partial charge is 0.375 e. The molecule has 0 atom stereocenters. The lowest BCUT2D eigenvalue weighted by Gasteiger charge is -2.08. The lowest BCUT2D eigenvalue weighted by Crippen LogP contribution is -2.24. The molecule has 0 radical (unpaired) electrons. The Bertz CT molecular complexity index is 346. The number of nitrogens with one attached hydrogen (secondary N) is 2. The van der Waals surface area contributed by atoms with E-state index in [1.807, 2.05) is 0 Å². The average Bonchev–Trinajstić information content (AvgIpc) is 2.59. The lowest BCUT2D eigenvalue weighted by atomic mass is 10.2. The van der Waals surface area contributed by atoms with E-state index in [9.17, 15) is 4.79 Å². The summed E-state index contributed by atoms with van der Waals surface area (Å²) in [5, 5.41) is 6.21. The van der Waals surface area contributed by atoms with Gasteiger partial charge in [0.25, 0.3) is 0 Å². The number of carbonyl (C=O) groups excluding carboxylic acids is 1. The maximum atomic E-state index is 11.3. The van der Waals surface area contributed by atoms with Crippen LogP contribution in [0.5, 0.6) is 0 Å². The molecule has 1 aromatic rings. The summed E-state index contributed by atoms with van der Waals surface area (Å²) in [7, 11) is 1.74. The van der Waals surface area contributed by atoms with E-state index >= 15 is 0 Å². The zero-order valence-corrected chi connectivity index (χ0v) is 10.5. The highest BCUT2D eigenvalue weighted by atomic mass is 35.5. The average molecular weight is 264 g/mol. The number of carbonyl (C=O) groups is 1. The highest BCUT2D eigenvalue weighted by Crippen LogP contribution is 2.26. The number of hydrogen-bond acceptors (Lipinski definition) is 5. The van der Waals surface area contributed by atoms with Crippen molar-refractivity contribution in [3.63, 3.8) is 0 Å². The van der Waals surface area contributed by atoms with E-state index < -0.39 is 0 Å². The molecule has 2 rings (SSSR count). The van der Waals surface area contributed by atoms with Crippen LogP contribution in [0.15, 0.2) is 0 Å². The number of ether oxygens (including phenoxy) is 1. The van der Waals surface area contributed by atoms with Crippen molar-refractivity contribution >= 4 is 34.8 Å². The van der Waals surface area contributed by atoms with Crippen molar-refractivity contribution < 1.29 is 9.53 Å². The highest BCUT2D eigenvalue weighted by Gasteiger charge is 2.16. The molecular weight excluding hydrogens is 250 g/mol. The van der Waals surface area contributed by atoms with Gasteiger partial charge in [-0.25, -0.2) is 4.98 Å². The monoisotopic (exact) mass is 263 g/mol. The maximum absolute atomic E-state index is 11.3. The second-order valence-electron chi connectivity index (χ2n) is 3.27. The zero-order chi connectivity index (χ0) is 10.7. The van der Waals surface area contributed by atoms with Crippen molar-refractivity contribution in [2.75, 3.05) is 25.5 Å². The van der Waals surface area contributed by atoms with Crippen LogP contribution in [0.2, 0.25) is 0 Å². The molecule has 1 aliphatic heterocycles. The molecule has 90 valence electrons. The molecule has 0 aromatic carbocycles. The van der Waals surface area contributed by atoms with Crippen molar-refractivity contribution in [1.82, 2.24) is 10.3 Å². The minimum Gasteiger partial charge on any atom is -0.375 e. The normalized spacial score (nSPS) is 13.8. The Morgan fingerprint density at radius 2 is 2.44 bits per heavy atom. The Hall–Kier alpha value is -0.690. The molecule has 0 unspecified atom stereocenters. The van der Waals surface area contributed by atoms with E-state index in [1.165, 1.54) is 11.3 Å². The Labute approximate surface area is 104 Å². The number of nitrogens with zero attached hydrogens (tertiary/aromatic N) is 1. The molecule has 2 N–H and O–H groups in total. The van der Waals surface area contributed by atoms with Crippen LogP contribution < -0.4 is 10.6 Å². The third kappa shape index (κ3) is 3.15. The fourth-order valence-electron chi connectivity index (χ4n) is 1.40. The molecule has 1 amide bonds.